The van der Waals surface area contributed by atoms with Crippen molar-refractivity contribution in [3.05, 3.63) is 46.5 Å². The van der Waals surface area contributed by atoms with Crippen LogP contribution in [-0.2, 0) is 16.1 Å². The van der Waals surface area contributed by atoms with Gasteiger partial charge in [0.25, 0.3) is 0 Å². The van der Waals surface area contributed by atoms with Gasteiger partial charge in [-0.3, -0.25) is 9.89 Å². The van der Waals surface area contributed by atoms with Crippen molar-refractivity contribution in [3.8, 4) is 0 Å². The van der Waals surface area contributed by atoms with Gasteiger partial charge in [-0.2, -0.15) is 5.10 Å². The molecule has 3 rings (SSSR count). The predicted octanol–water partition coefficient (Wildman–Crippen LogP) is 2.53. The maximum absolute atomic E-state index is 12.6. The van der Waals surface area contributed by atoms with Gasteiger partial charge in [-0.25, -0.2) is 0 Å². The summed E-state index contributed by atoms with van der Waals surface area (Å²) in [7, 11) is 0. The summed E-state index contributed by atoms with van der Waals surface area (Å²) in [6.07, 6.45) is 1.58. The molecule has 2 atom stereocenters. The predicted molar refractivity (Wildman–Crippen MR) is 93.0 cm³/mol. The van der Waals surface area contributed by atoms with Crippen LogP contribution in [0.15, 0.2) is 30.3 Å². The third-order valence-electron chi connectivity index (χ3n) is 4.37. The van der Waals surface area contributed by atoms with Crippen molar-refractivity contribution in [2.24, 2.45) is 5.92 Å². The molecule has 6 nitrogen and oxygen atoms in total. The van der Waals surface area contributed by atoms with Crippen LogP contribution in [0.4, 0.5) is 0 Å². The number of benzene rings is 1. The number of H-pyrrole nitrogens is 1. The Hall–Kier alpha value is -1.99. The molecule has 0 unspecified atom stereocenters. The van der Waals surface area contributed by atoms with Gasteiger partial charge >= 0.3 is 0 Å². The Morgan fingerprint density at radius 1 is 1.46 bits per heavy atom. The Morgan fingerprint density at radius 2 is 2.25 bits per heavy atom. The minimum atomic E-state index is -0.169. The number of carbonyl (C=O) groups excluding carboxylic acids is 1. The Balaban J connectivity index is 1.61. The van der Waals surface area contributed by atoms with Crippen LogP contribution in [0.3, 0.4) is 0 Å². The van der Waals surface area contributed by atoms with Gasteiger partial charge in [-0.05, 0) is 37.5 Å². The molecule has 1 aliphatic heterocycles. The zero-order valence-corrected chi connectivity index (χ0v) is 14.5. The SMILES string of the molecule is Cc1n[nH]c(=S)n1CCNC(=O)[C@@H]1CCCO[C@@H]1c1ccccc1. The molecule has 24 heavy (non-hydrogen) atoms. The lowest BCUT2D eigenvalue weighted by molar-refractivity contribution is -0.134. The van der Waals surface area contributed by atoms with Crippen molar-refractivity contribution in [1.29, 1.82) is 0 Å². The molecule has 0 spiro atoms. The first-order valence-electron chi connectivity index (χ1n) is 8.23. The number of rotatable bonds is 5. The van der Waals surface area contributed by atoms with Gasteiger partial charge < -0.3 is 14.6 Å². The fourth-order valence-corrected chi connectivity index (χ4v) is 3.37. The van der Waals surface area contributed by atoms with Crippen LogP contribution < -0.4 is 5.32 Å². The van der Waals surface area contributed by atoms with Crippen LogP contribution in [0.5, 0.6) is 0 Å². The zero-order chi connectivity index (χ0) is 16.9. The summed E-state index contributed by atoms with van der Waals surface area (Å²) >= 11 is 5.17. The number of amides is 1. The van der Waals surface area contributed by atoms with Crippen molar-refractivity contribution in [3.63, 3.8) is 0 Å². The molecule has 1 saturated heterocycles. The summed E-state index contributed by atoms with van der Waals surface area (Å²) in [4.78, 5) is 12.6. The molecule has 2 N–H and O–H groups in total. The number of aromatic amines is 1. The van der Waals surface area contributed by atoms with E-state index in [1.165, 1.54) is 0 Å². The average molecular weight is 346 g/mol. The smallest absolute Gasteiger partial charge is 0.226 e. The van der Waals surface area contributed by atoms with Crippen LogP contribution >= 0.6 is 12.2 Å². The summed E-state index contributed by atoms with van der Waals surface area (Å²) in [6.45, 7) is 3.71. The van der Waals surface area contributed by atoms with Crippen LogP contribution in [0, 0.1) is 17.6 Å². The van der Waals surface area contributed by atoms with Gasteiger partial charge in [0.15, 0.2) is 4.77 Å². The summed E-state index contributed by atoms with van der Waals surface area (Å²) in [5, 5.41) is 9.84. The second-order valence-corrected chi connectivity index (χ2v) is 6.36. The van der Waals surface area contributed by atoms with Gasteiger partial charge in [0.2, 0.25) is 5.91 Å². The summed E-state index contributed by atoms with van der Waals surface area (Å²) in [5.74, 6) is 0.702. The zero-order valence-electron chi connectivity index (χ0n) is 13.7. The minimum absolute atomic E-state index is 0.0382. The normalized spacial score (nSPS) is 20.7. The summed E-state index contributed by atoms with van der Waals surface area (Å²) in [5.41, 5.74) is 1.06. The highest BCUT2D eigenvalue weighted by molar-refractivity contribution is 7.71. The fourth-order valence-electron chi connectivity index (χ4n) is 3.10. The third kappa shape index (κ3) is 3.73. The molecule has 0 bridgehead atoms. The minimum Gasteiger partial charge on any atom is -0.373 e. The lowest BCUT2D eigenvalue weighted by Gasteiger charge is -2.31. The number of ether oxygens (including phenoxy) is 1. The molecule has 0 radical (unpaired) electrons. The number of nitrogens with zero attached hydrogens (tertiary/aromatic N) is 2. The monoisotopic (exact) mass is 346 g/mol. The maximum Gasteiger partial charge on any atom is 0.226 e. The largest absolute Gasteiger partial charge is 0.373 e. The van der Waals surface area contributed by atoms with E-state index in [1.54, 1.807) is 0 Å². The highest BCUT2D eigenvalue weighted by Crippen LogP contribution is 2.33. The number of hydrogen-bond donors (Lipinski definition) is 2. The lowest BCUT2D eigenvalue weighted by atomic mass is 9.89. The van der Waals surface area contributed by atoms with Crippen molar-refractivity contribution in [1.82, 2.24) is 20.1 Å². The quantitative estimate of drug-likeness (QED) is 0.816. The topological polar surface area (TPSA) is 71.9 Å². The molecular weight excluding hydrogens is 324 g/mol. The van der Waals surface area contributed by atoms with Crippen LogP contribution in [0.1, 0.15) is 30.3 Å². The van der Waals surface area contributed by atoms with Crippen LogP contribution in [0.25, 0.3) is 0 Å². The van der Waals surface area contributed by atoms with Crippen LogP contribution in [-0.4, -0.2) is 33.8 Å². The van der Waals surface area contributed by atoms with E-state index < -0.39 is 0 Å². The van der Waals surface area contributed by atoms with Crippen molar-refractivity contribution >= 4 is 18.1 Å². The second kappa shape index (κ2) is 7.72. The van der Waals surface area contributed by atoms with Crippen LogP contribution in [0.2, 0.25) is 0 Å². The van der Waals surface area contributed by atoms with Crippen molar-refractivity contribution < 1.29 is 9.53 Å². The Kier molecular flexibility index (Phi) is 5.42. The van der Waals surface area contributed by atoms with E-state index in [1.807, 2.05) is 41.8 Å². The van der Waals surface area contributed by atoms with Crippen molar-refractivity contribution in [2.75, 3.05) is 13.2 Å². The Labute approximate surface area is 146 Å². The van der Waals surface area contributed by atoms with E-state index in [0.29, 0.717) is 24.5 Å². The van der Waals surface area contributed by atoms with E-state index in [2.05, 4.69) is 15.5 Å². The molecule has 2 aromatic rings. The molecule has 0 saturated carbocycles. The number of carbonyl (C=O) groups is 1. The number of nitrogens with one attached hydrogen (secondary N) is 2. The van der Waals surface area contributed by atoms with E-state index in [0.717, 1.165) is 24.2 Å². The van der Waals surface area contributed by atoms with E-state index in [4.69, 9.17) is 17.0 Å². The first kappa shape index (κ1) is 16.9. The fraction of sp³-hybridized carbons (Fsp3) is 0.471. The molecule has 128 valence electrons. The highest BCUT2D eigenvalue weighted by atomic mass is 32.1. The molecule has 1 aromatic carbocycles. The molecule has 1 aromatic heterocycles. The Bertz CT molecular complexity index is 741. The van der Waals surface area contributed by atoms with E-state index in [-0.39, 0.29) is 17.9 Å². The summed E-state index contributed by atoms with van der Waals surface area (Å²) < 4.78 is 8.34. The third-order valence-corrected chi connectivity index (χ3v) is 4.68. The van der Waals surface area contributed by atoms with Gasteiger partial charge in [0, 0.05) is 19.7 Å². The molecule has 0 aliphatic carbocycles. The molecule has 1 aliphatic rings. The maximum atomic E-state index is 12.6. The standard InChI is InChI=1S/C17H22N4O2S/c1-12-19-20-17(24)21(12)10-9-18-16(22)14-8-5-11-23-15(14)13-6-3-2-4-7-13/h2-4,6-7,14-15H,5,8-11H2,1H3,(H,18,22)(H,20,24)/t14-,15-/m1/s1. The molecule has 1 fully saturated rings. The van der Waals surface area contributed by atoms with Crippen molar-refractivity contribution in [2.45, 2.75) is 32.4 Å². The first-order valence-corrected chi connectivity index (χ1v) is 8.63. The van der Waals surface area contributed by atoms with Gasteiger partial charge in [0.1, 0.15) is 5.82 Å². The number of hydrogen-bond acceptors (Lipinski definition) is 4. The van der Waals surface area contributed by atoms with E-state index in [9.17, 15) is 4.79 Å². The van der Waals surface area contributed by atoms with Gasteiger partial charge in [-0.1, -0.05) is 30.3 Å². The van der Waals surface area contributed by atoms with Gasteiger partial charge in [0.05, 0.1) is 12.0 Å². The van der Waals surface area contributed by atoms with Gasteiger partial charge in [-0.15, -0.1) is 0 Å². The van der Waals surface area contributed by atoms with E-state index >= 15 is 0 Å². The molecule has 7 heteroatoms. The first-order chi connectivity index (χ1) is 11.7. The summed E-state index contributed by atoms with van der Waals surface area (Å²) in [6, 6.07) is 9.96. The Morgan fingerprint density at radius 3 is 2.96 bits per heavy atom. The lowest BCUT2D eigenvalue weighted by Crippen LogP contribution is -2.38. The average Bonchev–Trinajstić information content (AvgIpc) is 2.94. The number of aromatic nitrogens is 3. The number of aryl methyl sites for hydroxylation is 1. The molecule has 1 amide bonds. The second-order valence-electron chi connectivity index (χ2n) is 5.97. The molecular formula is C17H22N4O2S. The molecule has 2 heterocycles. The highest BCUT2D eigenvalue weighted by Gasteiger charge is 2.32.